The Morgan fingerprint density at radius 1 is 0.459 bits per heavy atom. The van der Waals surface area contributed by atoms with Crippen molar-refractivity contribution in [1.82, 2.24) is 0 Å². The van der Waals surface area contributed by atoms with Gasteiger partial charge in [-0.3, -0.25) is 0 Å². The van der Waals surface area contributed by atoms with E-state index in [0.29, 0.717) is 20.6 Å². The van der Waals surface area contributed by atoms with E-state index < -0.39 is 0 Å². The molecule has 4 rings (SSSR count). The Bertz CT molecular complexity index is 1080. The van der Waals surface area contributed by atoms with Crippen LogP contribution < -0.4 is 10.6 Å². The van der Waals surface area contributed by atoms with E-state index in [4.69, 9.17) is 0 Å². The van der Waals surface area contributed by atoms with E-state index in [1.54, 1.807) is 10.6 Å². The van der Waals surface area contributed by atoms with Gasteiger partial charge in [0.1, 0.15) is 0 Å². The molecule has 0 heterocycles. The van der Waals surface area contributed by atoms with Crippen LogP contribution in [0.5, 0.6) is 0 Å². The molecule has 0 saturated carbocycles. The molecule has 3 heteroatoms. The van der Waals surface area contributed by atoms with Gasteiger partial charge in [0, 0.05) is 0 Å². The molecule has 0 radical (unpaired) electrons. The van der Waals surface area contributed by atoms with Crippen molar-refractivity contribution in [2.75, 3.05) is 0 Å². The second kappa shape index (κ2) is 11.9. The first-order valence-electron chi connectivity index (χ1n) is 13.3. The molecule has 0 amide bonds. The van der Waals surface area contributed by atoms with E-state index in [2.05, 4.69) is 156 Å². The van der Waals surface area contributed by atoms with Gasteiger partial charge in [0.05, 0.1) is 0 Å². The summed E-state index contributed by atoms with van der Waals surface area (Å²) in [6, 6.07) is 27.0. The number of benzene rings is 2. The third-order valence-corrected chi connectivity index (χ3v) is 13.3. The summed E-state index contributed by atoms with van der Waals surface area (Å²) in [6.45, 7) is 28.5. The molecule has 0 aliphatic carbocycles. The van der Waals surface area contributed by atoms with Crippen molar-refractivity contribution in [3.05, 3.63) is 72.8 Å². The second-order valence-electron chi connectivity index (χ2n) is 14.0. The minimum Gasteiger partial charge on any atom is -0.160 e. The van der Waals surface area contributed by atoms with Crippen molar-refractivity contribution < 1.29 is 25.8 Å². The number of hydrogen-bond acceptors (Lipinski definition) is 0. The van der Waals surface area contributed by atoms with Gasteiger partial charge in [0.2, 0.25) is 0 Å². The molecule has 0 fully saturated rings. The van der Waals surface area contributed by atoms with Gasteiger partial charge in [-0.15, -0.1) is 80.7 Å². The van der Waals surface area contributed by atoms with Crippen LogP contribution in [0, 0.1) is 0 Å². The third-order valence-electron chi connectivity index (χ3n) is 6.41. The number of hydrogen-bond donors (Lipinski definition) is 0. The smallest absolute Gasteiger partial charge is 0.160 e. The van der Waals surface area contributed by atoms with Gasteiger partial charge in [-0.25, -0.2) is 0 Å². The van der Waals surface area contributed by atoms with Crippen LogP contribution in [0.25, 0.3) is 21.5 Å². The van der Waals surface area contributed by atoms with Crippen LogP contribution in [-0.4, -0.2) is 20.6 Å². The fraction of sp³-hybridized carbons (Fsp3) is 0.471. The first kappa shape index (κ1) is 32.6. The molecular formula is C34H48HfP2+2. The van der Waals surface area contributed by atoms with Crippen molar-refractivity contribution in [2.45, 2.75) is 104 Å². The average molecular weight is 697 g/mol. The van der Waals surface area contributed by atoms with Crippen LogP contribution in [0.1, 0.15) is 83.1 Å². The van der Waals surface area contributed by atoms with Gasteiger partial charge in [0.25, 0.3) is 0 Å². The zero-order chi connectivity index (χ0) is 27.1. The van der Waals surface area contributed by atoms with Crippen LogP contribution in [0.15, 0.2) is 72.8 Å². The van der Waals surface area contributed by atoms with Crippen molar-refractivity contribution in [2.24, 2.45) is 0 Å². The topological polar surface area (TPSA) is 0 Å². The van der Waals surface area contributed by atoms with E-state index in [-0.39, 0.29) is 41.7 Å². The van der Waals surface area contributed by atoms with E-state index in [1.807, 2.05) is 0 Å². The Kier molecular flexibility index (Phi) is 10.5. The monoisotopic (exact) mass is 698 g/mol. The predicted octanol–water partition coefficient (Wildman–Crippen LogP) is 10.5. The molecule has 0 aliphatic rings. The van der Waals surface area contributed by atoms with E-state index >= 15 is 0 Å². The maximum Gasteiger partial charge on any atom is 4.00 e. The summed E-state index contributed by atoms with van der Waals surface area (Å²) in [6.07, 6.45) is 0. The quantitative estimate of drug-likeness (QED) is 0.111. The van der Waals surface area contributed by atoms with Crippen LogP contribution >= 0.6 is 15.8 Å². The zero-order valence-electron chi connectivity index (χ0n) is 25.3. The molecule has 0 unspecified atom stereocenters. The van der Waals surface area contributed by atoms with Crippen molar-refractivity contribution in [3.8, 4) is 0 Å². The molecule has 0 aliphatic heterocycles. The maximum atomic E-state index is 2.40. The summed E-state index contributed by atoms with van der Waals surface area (Å²) in [5, 5.41) is 10.0. The molecular weight excluding hydrogens is 649 g/mol. The van der Waals surface area contributed by atoms with Crippen molar-refractivity contribution >= 4 is 48.0 Å². The first-order valence-corrected chi connectivity index (χ1v) is 16.0. The van der Waals surface area contributed by atoms with E-state index in [1.165, 1.54) is 21.5 Å². The van der Waals surface area contributed by atoms with Gasteiger partial charge in [-0.2, -0.15) is 12.1 Å². The normalized spacial score (nSPS) is 13.1. The standard InChI is InChI=1S/2C17H24P.Hf/c2*1-16(2,3)18(17(4,5)6)15-11-13-9-7-8-10-14(13)12-15;/h2*7-12H,1-6H3;/q2*-1;+4. The summed E-state index contributed by atoms with van der Waals surface area (Å²) in [4.78, 5) is 0. The van der Waals surface area contributed by atoms with Gasteiger partial charge in [-0.1, -0.05) is 111 Å². The summed E-state index contributed by atoms with van der Waals surface area (Å²) in [5.74, 6) is 0. The molecule has 0 aromatic heterocycles. The molecule has 196 valence electrons. The molecule has 0 N–H and O–H groups in total. The maximum absolute atomic E-state index is 2.40. The Labute approximate surface area is 249 Å². The second-order valence-corrected chi connectivity index (χ2v) is 21.8. The van der Waals surface area contributed by atoms with Crippen molar-refractivity contribution in [3.63, 3.8) is 0 Å². The summed E-state index contributed by atoms with van der Waals surface area (Å²) < 4.78 is 0. The fourth-order valence-electron chi connectivity index (χ4n) is 6.09. The molecule has 37 heavy (non-hydrogen) atoms. The van der Waals surface area contributed by atoms with E-state index in [0.717, 1.165) is 0 Å². The number of fused-ring (bicyclic) bond motifs is 2. The third kappa shape index (κ3) is 8.19. The Morgan fingerprint density at radius 3 is 0.973 bits per heavy atom. The average Bonchev–Trinajstić information content (AvgIpc) is 3.26. The Balaban J connectivity index is 0.000000253. The van der Waals surface area contributed by atoms with Crippen molar-refractivity contribution in [1.29, 1.82) is 0 Å². The summed E-state index contributed by atoms with van der Waals surface area (Å²) in [5.41, 5.74) is 0. The van der Waals surface area contributed by atoms with E-state index in [9.17, 15) is 0 Å². The summed E-state index contributed by atoms with van der Waals surface area (Å²) in [7, 11) is -0.369. The van der Waals surface area contributed by atoms with Gasteiger partial charge < -0.3 is 0 Å². The first-order chi connectivity index (χ1) is 16.4. The Hall–Kier alpha value is -0.610. The minimum atomic E-state index is -0.185. The predicted molar refractivity (Wildman–Crippen MR) is 171 cm³/mol. The van der Waals surface area contributed by atoms with Gasteiger partial charge in [-0.05, 0) is 20.6 Å². The largest absolute Gasteiger partial charge is 4.00 e. The molecule has 0 spiro atoms. The van der Waals surface area contributed by atoms with Gasteiger partial charge in [0.15, 0.2) is 0 Å². The molecule has 4 aromatic rings. The molecule has 0 nitrogen and oxygen atoms in total. The molecule has 0 bridgehead atoms. The zero-order valence-corrected chi connectivity index (χ0v) is 30.7. The fourth-order valence-corrected chi connectivity index (χ4v) is 14.3. The van der Waals surface area contributed by atoms with Crippen LogP contribution in [0.4, 0.5) is 0 Å². The summed E-state index contributed by atoms with van der Waals surface area (Å²) >= 11 is 0. The molecule has 0 saturated heterocycles. The van der Waals surface area contributed by atoms with Crippen LogP contribution in [0.2, 0.25) is 0 Å². The number of rotatable bonds is 2. The molecule has 0 atom stereocenters. The SMILES string of the molecule is CC(C)(C)P(c1cc2ccccc2[cH-]1)C(C)(C)C.CC(C)(C)P(c1cc2ccccc2[cH-]1)C(C)(C)C.[Hf+4]. The van der Waals surface area contributed by atoms with Crippen LogP contribution in [-0.2, 0) is 25.8 Å². The minimum absolute atomic E-state index is 0. The Morgan fingerprint density at radius 2 is 0.730 bits per heavy atom. The van der Waals surface area contributed by atoms with Gasteiger partial charge >= 0.3 is 25.8 Å². The van der Waals surface area contributed by atoms with Crippen LogP contribution in [0.3, 0.4) is 0 Å². The molecule has 4 aromatic carbocycles.